The first-order valence-corrected chi connectivity index (χ1v) is 7.06. The number of morpholine rings is 1. The van der Waals surface area contributed by atoms with Crippen LogP contribution in [-0.4, -0.2) is 41.5 Å². The quantitative estimate of drug-likeness (QED) is 0.633. The highest BCUT2D eigenvalue weighted by Crippen LogP contribution is 2.23. The number of nitro groups is 1. The van der Waals surface area contributed by atoms with Crippen LogP contribution in [0.3, 0.4) is 0 Å². The van der Waals surface area contributed by atoms with Crippen molar-refractivity contribution in [3.63, 3.8) is 0 Å². The summed E-state index contributed by atoms with van der Waals surface area (Å²) in [5.74, 6) is 0.164. The Hall–Kier alpha value is -1.95. The molecule has 0 aromatic heterocycles. The van der Waals surface area contributed by atoms with Gasteiger partial charge in [0.2, 0.25) is 0 Å². The van der Waals surface area contributed by atoms with E-state index in [2.05, 4.69) is 13.8 Å². The molecule has 1 aromatic carbocycles. The standard InChI is InChI=1S/C15H20N2O4/c1-10(2)14-9-16(7-8-21-14)15(18)12-5-4-6-13(11(12)3)17(19)20/h4-6,10,14H,7-9H2,1-3H3/t14-/m0/s1. The highest BCUT2D eigenvalue weighted by atomic mass is 16.6. The van der Waals surface area contributed by atoms with Crippen LogP contribution >= 0.6 is 0 Å². The second kappa shape index (κ2) is 6.22. The van der Waals surface area contributed by atoms with Gasteiger partial charge in [-0.2, -0.15) is 0 Å². The molecule has 1 aromatic rings. The van der Waals surface area contributed by atoms with Crippen LogP contribution in [0.2, 0.25) is 0 Å². The Balaban J connectivity index is 2.24. The van der Waals surface area contributed by atoms with Gasteiger partial charge in [-0.25, -0.2) is 0 Å². The van der Waals surface area contributed by atoms with Gasteiger partial charge in [-0.15, -0.1) is 0 Å². The fourth-order valence-electron chi connectivity index (χ4n) is 2.49. The van der Waals surface area contributed by atoms with Gasteiger partial charge in [-0.1, -0.05) is 19.9 Å². The van der Waals surface area contributed by atoms with Crippen molar-refractivity contribution in [2.45, 2.75) is 26.9 Å². The van der Waals surface area contributed by atoms with Gasteiger partial charge in [0.05, 0.1) is 17.6 Å². The minimum Gasteiger partial charge on any atom is -0.374 e. The normalized spacial score (nSPS) is 18.9. The summed E-state index contributed by atoms with van der Waals surface area (Å²) in [4.78, 5) is 24.9. The molecule has 1 saturated heterocycles. The summed E-state index contributed by atoms with van der Waals surface area (Å²) in [5.41, 5.74) is 0.795. The highest BCUT2D eigenvalue weighted by molar-refractivity contribution is 5.96. The zero-order valence-corrected chi connectivity index (χ0v) is 12.5. The second-order valence-corrected chi connectivity index (χ2v) is 5.61. The zero-order valence-electron chi connectivity index (χ0n) is 12.5. The van der Waals surface area contributed by atoms with E-state index in [0.29, 0.717) is 36.7 Å². The van der Waals surface area contributed by atoms with E-state index in [1.54, 1.807) is 24.0 Å². The van der Waals surface area contributed by atoms with E-state index in [1.165, 1.54) is 6.07 Å². The molecular weight excluding hydrogens is 272 g/mol. The molecule has 0 radical (unpaired) electrons. The number of benzene rings is 1. The molecule has 114 valence electrons. The number of nitrogens with zero attached hydrogens (tertiary/aromatic N) is 2. The number of nitro benzene ring substituents is 1. The van der Waals surface area contributed by atoms with Gasteiger partial charge in [-0.05, 0) is 18.9 Å². The smallest absolute Gasteiger partial charge is 0.273 e. The Morgan fingerprint density at radius 3 is 2.81 bits per heavy atom. The lowest BCUT2D eigenvalue weighted by atomic mass is 10.0. The first kappa shape index (κ1) is 15.4. The maximum Gasteiger partial charge on any atom is 0.273 e. The topological polar surface area (TPSA) is 72.7 Å². The number of rotatable bonds is 3. The van der Waals surface area contributed by atoms with E-state index in [4.69, 9.17) is 4.74 Å². The lowest BCUT2D eigenvalue weighted by Crippen LogP contribution is -2.47. The molecule has 0 unspecified atom stereocenters. The van der Waals surface area contributed by atoms with Crippen molar-refractivity contribution in [1.82, 2.24) is 4.90 Å². The molecule has 1 aliphatic heterocycles. The molecule has 0 spiro atoms. The van der Waals surface area contributed by atoms with Crippen molar-refractivity contribution < 1.29 is 14.5 Å². The van der Waals surface area contributed by atoms with E-state index in [1.807, 2.05) is 0 Å². The molecule has 0 N–H and O–H groups in total. The van der Waals surface area contributed by atoms with Crippen LogP contribution in [0.1, 0.15) is 29.8 Å². The Kier molecular flexibility index (Phi) is 4.57. The molecule has 0 saturated carbocycles. The number of carbonyl (C=O) groups is 1. The predicted octanol–water partition coefficient (Wildman–Crippen LogP) is 2.40. The summed E-state index contributed by atoms with van der Waals surface area (Å²) in [6.45, 7) is 7.27. The summed E-state index contributed by atoms with van der Waals surface area (Å²) in [6, 6.07) is 4.62. The van der Waals surface area contributed by atoms with Crippen LogP contribution in [0.4, 0.5) is 5.69 Å². The molecule has 1 aliphatic rings. The first-order chi connectivity index (χ1) is 9.91. The third-order valence-corrected chi connectivity index (χ3v) is 3.86. The van der Waals surface area contributed by atoms with Gasteiger partial charge in [0.15, 0.2) is 0 Å². The second-order valence-electron chi connectivity index (χ2n) is 5.61. The lowest BCUT2D eigenvalue weighted by molar-refractivity contribution is -0.385. The molecule has 1 fully saturated rings. The van der Waals surface area contributed by atoms with Crippen LogP contribution in [0.5, 0.6) is 0 Å². The lowest BCUT2D eigenvalue weighted by Gasteiger charge is -2.35. The average molecular weight is 292 g/mol. The molecule has 1 heterocycles. The summed E-state index contributed by atoms with van der Waals surface area (Å²) in [6.07, 6.45) is 0.0155. The van der Waals surface area contributed by atoms with Gasteiger partial charge in [0.1, 0.15) is 0 Å². The van der Waals surface area contributed by atoms with Gasteiger partial charge >= 0.3 is 0 Å². The molecular formula is C15H20N2O4. The summed E-state index contributed by atoms with van der Waals surface area (Å²) >= 11 is 0. The van der Waals surface area contributed by atoms with Crippen LogP contribution in [0.25, 0.3) is 0 Å². The molecule has 6 nitrogen and oxygen atoms in total. The third kappa shape index (κ3) is 3.21. The monoisotopic (exact) mass is 292 g/mol. The molecule has 1 atom stereocenters. The Morgan fingerprint density at radius 1 is 1.48 bits per heavy atom. The number of amides is 1. The molecule has 2 rings (SSSR count). The SMILES string of the molecule is Cc1c(C(=O)N2CCO[C@H](C(C)C)C2)cccc1[N+](=O)[O-]. The molecule has 0 bridgehead atoms. The predicted molar refractivity (Wildman–Crippen MR) is 78.3 cm³/mol. The van der Waals surface area contributed by atoms with E-state index in [-0.39, 0.29) is 17.7 Å². The zero-order chi connectivity index (χ0) is 15.6. The number of hydrogen-bond donors (Lipinski definition) is 0. The number of ether oxygens (including phenoxy) is 1. The summed E-state index contributed by atoms with van der Waals surface area (Å²) in [7, 11) is 0. The van der Waals surface area contributed by atoms with Crippen molar-refractivity contribution in [2.24, 2.45) is 5.92 Å². The maximum atomic E-state index is 12.6. The van der Waals surface area contributed by atoms with E-state index in [9.17, 15) is 14.9 Å². The van der Waals surface area contributed by atoms with Gasteiger partial charge in [0.25, 0.3) is 11.6 Å². The highest BCUT2D eigenvalue weighted by Gasteiger charge is 2.28. The minimum atomic E-state index is -0.456. The first-order valence-electron chi connectivity index (χ1n) is 7.06. The third-order valence-electron chi connectivity index (χ3n) is 3.86. The van der Waals surface area contributed by atoms with Crippen LogP contribution in [0.15, 0.2) is 18.2 Å². The van der Waals surface area contributed by atoms with Gasteiger partial charge in [-0.3, -0.25) is 14.9 Å². The number of hydrogen-bond acceptors (Lipinski definition) is 4. The Bertz CT molecular complexity index is 557. The Morgan fingerprint density at radius 2 is 2.19 bits per heavy atom. The van der Waals surface area contributed by atoms with Crippen LogP contribution < -0.4 is 0 Å². The molecule has 0 aliphatic carbocycles. The van der Waals surface area contributed by atoms with Crippen molar-refractivity contribution in [1.29, 1.82) is 0 Å². The largest absolute Gasteiger partial charge is 0.374 e. The van der Waals surface area contributed by atoms with Crippen molar-refractivity contribution in [2.75, 3.05) is 19.7 Å². The Labute approximate surface area is 123 Å². The minimum absolute atomic E-state index is 0.0155. The maximum absolute atomic E-state index is 12.6. The van der Waals surface area contributed by atoms with E-state index < -0.39 is 4.92 Å². The van der Waals surface area contributed by atoms with Gasteiger partial charge < -0.3 is 9.64 Å². The van der Waals surface area contributed by atoms with Crippen molar-refractivity contribution >= 4 is 11.6 Å². The fourth-order valence-corrected chi connectivity index (χ4v) is 2.49. The van der Waals surface area contributed by atoms with Crippen molar-refractivity contribution in [3.05, 3.63) is 39.4 Å². The molecule has 1 amide bonds. The van der Waals surface area contributed by atoms with Gasteiger partial charge in [0, 0.05) is 30.3 Å². The molecule has 21 heavy (non-hydrogen) atoms. The average Bonchev–Trinajstić information content (AvgIpc) is 2.46. The fraction of sp³-hybridized carbons (Fsp3) is 0.533. The summed E-state index contributed by atoms with van der Waals surface area (Å²) in [5, 5.41) is 11.0. The summed E-state index contributed by atoms with van der Waals surface area (Å²) < 4.78 is 5.65. The molecule has 6 heteroatoms. The number of carbonyl (C=O) groups excluding carboxylic acids is 1. The van der Waals surface area contributed by atoms with E-state index >= 15 is 0 Å². The van der Waals surface area contributed by atoms with E-state index in [0.717, 1.165) is 0 Å². The van der Waals surface area contributed by atoms with Crippen molar-refractivity contribution in [3.8, 4) is 0 Å². The van der Waals surface area contributed by atoms with Crippen LogP contribution in [0, 0.1) is 23.0 Å². The van der Waals surface area contributed by atoms with Crippen LogP contribution in [-0.2, 0) is 4.74 Å².